The number of hydrogen-bond acceptors (Lipinski definition) is 7. The minimum Gasteiger partial charge on any atom is -0.492 e. The molecule has 1 aliphatic heterocycles. The van der Waals surface area contributed by atoms with Gasteiger partial charge in [0.1, 0.15) is 35.8 Å². The number of carbonyl (C=O) groups excluding carboxylic acids is 1. The maximum Gasteiger partial charge on any atom is 0.407 e. The molecule has 3 N–H and O–H groups in total. The van der Waals surface area contributed by atoms with Crippen LogP contribution in [0.4, 0.5) is 9.18 Å². The van der Waals surface area contributed by atoms with Crippen LogP contribution in [0.1, 0.15) is 28.9 Å². The van der Waals surface area contributed by atoms with Gasteiger partial charge in [-0.3, -0.25) is 4.79 Å². The predicted molar refractivity (Wildman–Crippen MR) is 157 cm³/mol. The number of fused-ring (bicyclic) bond motifs is 1. The van der Waals surface area contributed by atoms with E-state index in [1.165, 1.54) is 18.5 Å². The molecule has 2 aromatic heterocycles. The van der Waals surface area contributed by atoms with Crippen LogP contribution in [0.25, 0.3) is 22.3 Å². The number of benzene rings is 1. The van der Waals surface area contributed by atoms with Crippen molar-refractivity contribution in [1.29, 1.82) is 0 Å². The fourth-order valence-corrected chi connectivity index (χ4v) is 5.84. The standard InChI is InChI=1S/C29H38FN5O6Si/c1-17-24(28(37)33-21-12-34(29(38)39)13-22(21)36)26-27(35(17)16-40-9-10-42(2,3)4)25(31-15-32-26)20-8-7-19(30)11-23(20)41-14-18-5-6-18/h7-8,11,15,18,21-22,36H,5-6,9-10,12-14,16H2,1-4H3,(H,33,37)(H,38,39)/t21-,22+/m1/s1. The van der Waals surface area contributed by atoms with E-state index in [9.17, 15) is 24.2 Å². The van der Waals surface area contributed by atoms with Gasteiger partial charge in [0.25, 0.3) is 5.91 Å². The summed E-state index contributed by atoms with van der Waals surface area (Å²) in [7, 11) is -1.35. The number of aliphatic hydroxyl groups excluding tert-OH is 1. The van der Waals surface area contributed by atoms with E-state index in [-0.39, 0.29) is 25.4 Å². The third kappa shape index (κ3) is 6.58. The molecule has 2 fully saturated rings. The van der Waals surface area contributed by atoms with Crippen LogP contribution in [-0.2, 0) is 11.5 Å². The zero-order valence-electron chi connectivity index (χ0n) is 24.4. The third-order valence-corrected chi connectivity index (χ3v) is 9.49. The Balaban J connectivity index is 1.55. The highest BCUT2D eigenvalue weighted by Crippen LogP contribution is 2.38. The Morgan fingerprint density at radius 2 is 1.95 bits per heavy atom. The first-order valence-corrected chi connectivity index (χ1v) is 17.9. The monoisotopic (exact) mass is 599 g/mol. The molecule has 1 saturated carbocycles. The number of halogens is 1. The molecule has 11 nitrogen and oxygen atoms in total. The molecule has 5 rings (SSSR count). The van der Waals surface area contributed by atoms with E-state index < -0.39 is 38.0 Å². The molecule has 0 bridgehead atoms. The quantitative estimate of drug-likeness (QED) is 0.221. The molecule has 2 amide bonds. The second-order valence-electron chi connectivity index (χ2n) is 12.4. The van der Waals surface area contributed by atoms with Gasteiger partial charge in [-0.1, -0.05) is 19.6 Å². The van der Waals surface area contributed by atoms with E-state index in [1.54, 1.807) is 13.0 Å². The number of nitrogens with zero attached hydrogens (tertiary/aromatic N) is 4. The van der Waals surface area contributed by atoms with E-state index in [1.807, 2.05) is 4.57 Å². The van der Waals surface area contributed by atoms with Crippen molar-refractivity contribution in [3.05, 3.63) is 41.6 Å². The van der Waals surface area contributed by atoms with E-state index in [2.05, 4.69) is 34.9 Å². The number of β-amino-alcohol motifs (C(OH)–C–C–N with tert-alkyl or cyclic N) is 1. The highest BCUT2D eigenvalue weighted by molar-refractivity contribution is 6.76. The van der Waals surface area contributed by atoms with Gasteiger partial charge in [-0.25, -0.2) is 19.2 Å². The van der Waals surface area contributed by atoms with Crippen LogP contribution >= 0.6 is 0 Å². The van der Waals surface area contributed by atoms with Crippen LogP contribution in [-0.4, -0.2) is 88.2 Å². The van der Waals surface area contributed by atoms with Crippen molar-refractivity contribution in [2.75, 3.05) is 26.3 Å². The third-order valence-electron chi connectivity index (χ3n) is 7.79. The highest BCUT2D eigenvalue weighted by atomic mass is 28.3. The fraction of sp³-hybridized carbons (Fsp3) is 0.517. The van der Waals surface area contributed by atoms with Gasteiger partial charge in [-0.15, -0.1) is 0 Å². The first-order chi connectivity index (χ1) is 19.9. The molecule has 1 aliphatic carbocycles. The number of aromatic nitrogens is 3. The lowest BCUT2D eigenvalue weighted by Gasteiger charge is -2.17. The number of amides is 2. The van der Waals surface area contributed by atoms with Gasteiger partial charge in [0, 0.05) is 38.5 Å². The van der Waals surface area contributed by atoms with Gasteiger partial charge in [0.2, 0.25) is 0 Å². The molecule has 2 atom stereocenters. The topological polar surface area (TPSA) is 139 Å². The van der Waals surface area contributed by atoms with Crippen molar-refractivity contribution in [2.45, 2.75) is 64.3 Å². The highest BCUT2D eigenvalue weighted by Gasteiger charge is 2.36. The van der Waals surface area contributed by atoms with E-state index in [0.717, 1.165) is 23.8 Å². The Hall–Kier alpha value is -3.55. The Morgan fingerprint density at radius 1 is 1.19 bits per heavy atom. The lowest BCUT2D eigenvalue weighted by molar-refractivity contribution is 0.0865. The zero-order valence-corrected chi connectivity index (χ0v) is 25.4. The number of hydrogen-bond donors (Lipinski definition) is 3. The molecule has 1 aromatic carbocycles. The number of carbonyl (C=O) groups is 2. The molecule has 3 aromatic rings. The van der Waals surface area contributed by atoms with Gasteiger partial charge in [-0.05, 0) is 43.9 Å². The lowest BCUT2D eigenvalue weighted by Crippen LogP contribution is -2.43. The van der Waals surface area contributed by atoms with Crippen LogP contribution in [0, 0.1) is 18.7 Å². The van der Waals surface area contributed by atoms with Crippen molar-refractivity contribution in [1.82, 2.24) is 24.8 Å². The summed E-state index contributed by atoms with van der Waals surface area (Å²) in [6.07, 6.45) is 1.31. The Bertz CT molecular complexity index is 1490. The normalized spacial score (nSPS) is 19.0. The molecule has 0 spiro atoms. The molecule has 1 saturated heterocycles. The molecule has 0 unspecified atom stereocenters. The first-order valence-electron chi connectivity index (χ1n) is 14.2. The SMILES string of the molecule is Cc1c(C(=O)N[C@@H]2CN(C(=O)O)C[C@@H]2O)c2ncnc(-c3ccc(F)cc3OCC3CC3)c2n1COCC[Si](C)(C)C. The summed E-state index contributed by atoms with van der Waals surface area (Å²) in [6, 6.07) is 4.49. The van der Waals surface area contributed by atoms with E-state index in [4.69, 9.17) is 9.47 Å². The summed E-state index contributed by atoms with van der Waals surface area (Å²) in [5.74, 6) is -0.109. The second-order valence-corrected chi connectivity index (χ2v) is 18.0. The summed E-state index contributed by atoms with van der Waals surface area (Å²) in [5.41, 5.74) is 2.78. The average molecular weight is 600 g/mol. The molecule has 42 heavy (non-hydrogen) atoms. The average Bonchev–Trinajstić information content (AvgIpc) is 3.61. The van der Waals surface area contributed by atoms with Gasteiger partial charge in [0.15, 0.2) is 0 Å². The van der Waals surface area contributed by atoms with Crippen molar-refractivity contribution < 1.29 is 33.7 Å². The Kier molecular flexibility index (Phi) is 8.53. The number of aliphatic hydroxyl groups is 1. The minimum absolute atomic E-state index is 0.0305. The van der Waals surface area contributed by atoms with Gasteiger partial charge >= 0.3 is 6.09 Å². The molecule has 13 heteroatoms. The summed E-state index contributed by atoms with van der Waals surface area (Å²) in [6.45, 7) is 9.62. The van der Waals surface area contributed by atoms with Crippen molar-refractivity contribution in [3.8, 4) is 17.0 Å². The molecule has 0 radical (unpaired) electrons. The predicted octanol–water partition coefficient (Wildman–Crippen LogP) is 4.10. The minimum atomic E-state index is -1.35. The van der Waals surface area contributed by atoms with Crippen molar-refractivity contribution in [2.24, 2.45) is 5.92 Å². The zero-order chi connectivity index (χ0) is 30.2. The van der Waals surface area contributed by atoms with Gasteiger partial charge in [0.05, 0.1) is 36.4 Å². The molecule has 2 aliphatic rings. The summed E-state index contributed by atoms with van der Waals surface area (Å²) >= 11 is 0. The Morgan fingerprint density at radius 3 is 2.62 bits per heavy atom. The van der Waals surface area contributed by atoms with Crippen LogP contribution in [0.2, 0.25) is 25.7 Å². The summed E-state index contributed by atoms with van der Waals surface area (Å²) < 4.78 is 28.3. The second kappa shape index (κ2) is 12.0. The fourth-order valence-electron chi connectivity index (χ4n) is 5.08. The van der Waals surface area contributed by atoms with Gasteiger partial charge in [-0.2, -0.15) is 0 Å². The molecular weight excluding hydrogens is 561 g/mol. The van der Waals surface area contributed by atoms with Crippen LogP contribution < -0.4 is 10.1 Å². The summed E-state index contributed by atoms with van der Waals surface area (Å²) in [4.78, 5) is 35.2. The first kappa shape index (κ1) is 29.9. The molecule has 226 valence electrons. The van der Waals surface area contributed by atoms with E-state index >= 15 is 0 Å². The number of rotatable bonds is 11. The van der Waals surface area contributed by atoms with Crippen LogP contribution in [0.3, 0.4) is 0 Å². The molecular formula is C29H38FN5O6Si. The number of likely N-dealkylation sites (tertiary alicyclic amines) is 1. The Labute approximate surface area is 244 Å². The van der Waals surface area contributed by atoms with Crippen molar-refractivity contribution in [3.63, 3.8) is 0 Å². The van der Waals surface area contributed by atoms with Gasteiger partial charge < -0.3 is 34.5 Å². The smallest absolute Gasteiger partial charge is 0.407 e. The number of nitrogens with one attached hydrogen (secondary N) is 1. The largest absolute Gasteiger partial charge is 0.492 e. The van der Waals surface area contributed by atoms with Crippen LogP contribution in [0.15, 0.2) is 24.5 Å². The summed E-state index contributed by atoms with van der Waals surface area (Å²) in [5, 5.41) is 22.6. The number of carboxylic acid groups (broad SMARTS) is 1. The molecule has 3 heterocycles. The maximum absolute atomic E-state index is 14.3. The van der Waals surface area contributed by atoms with Crippen LogP contribution in [0.5, 0.6) is 5.75 Å². The lowest BCUT2D eigenvalue weighted by atomic mass is 10.1. The maximum atomic E-state index is 14.3. The number of ether oxygens (including phenoxy) is 2. The van der Waals surface area contributed by atoms with Crippen molar-refractivity contribution >= 4 is 31.1 Å². The van der Waals surface area contributed by atoms with E-state index in [0.29, 0.717) is 52.9 Å².